The van der Waals surface area contributed by atoms with Gasteiger partial charge in [-0.15, -0.1) is 0 Å². The van der Waals surface area contributed by atoms with E-state index in [-0.39, 0.29) is 5.56 Å². The molecule has 0 fully saturated rings. The van der Waals surface area contributed by atoms with Crippen LogP contribution in [0.4, 0.5) is 5.69 Å². The zero-order chi connectivity index (χ0) is 21.6. The predicted molar refractivity (Wildman–Crippen MR) is 116 cm³/mol. The number of nitrogens with one attached hydrogen (secondary N) is 1. The van der Waals surface area contributed by atoms with Gasteiger partial charge in [0, 0.05) is 5.56 Å². The van der Waals surface area contributed by atoms with Crippen LogP contribution >= 0.6 is 0 Å². The summed E-state index contributed by atoms with van der Waals surface area (Å²) in [5.74, 6) is -2.40. The fourth-order valence-electron chi connectivity index (χ4n) is 2.95. The topological polar surface area (TPSA) is 89.5 Å². The number of ketones is 1. The highest BCUT2D eigenvalue weighted by Gasteiger charge is 2.22. The van der Waals surface area contributed by atoms with E-state index in [9.17, 15) is 18.0 Å². The molecule has 3 rings (SSSR count). The fraction of sp³-hybridized carbons (Fsp3) is 0.130. The molecular weight excluding hydrogens is 402 g/mol. The molecule has 0 aliphatic rings. The van der Waals surface area contributed by atoms with E-state index in [2.05, 4.69) is 5.32 Å². The molecule has 3 aromatic rings. The summed E-state index contributed by atoms with van der Waals surface area (Å²) in [4.78, 5) is 24.6. The van der Waals surface area contributed by atoms with Gasteiger partial charge >= 0.3 is 0 Å². The first-order valence-corrected chi connectivity index (χ1v) is 11.0. The number of benzene rings is 3. The molecule has 0 unspecified atom stereocenters. The number of ether oxygens (including phenoxy) is 1. The lowest BCUT2D eigenvalue weighted by Crippen LogP contribution is -2.27. The maximum atomic E-state index is 12.4. The first kappa shape index (κ1) is 21.3. The van der Waals surface area contributed by atoms with Crippen molar-refractivity contribution in [2.24, 2.45) is 0 Å². The summed E-state index contributed by atoms with van der Waals surface area (Å²) < 4.78 is 29.8. The molecule has 0 heterocycles. The quantitative estimate of drug-likeness (QED) is 0.559. The van der Waals surface area contributed by atoms with Crippen LogP contribution in [0.3, 0.4) is 0 Å². The van der Waals surface area contributed by atoms with Crippen molar-refractivity contribution < 1.29 is 22.7 Å². The minimum Gasteiger partial charge on any atom is -0.495 e. The van der Waals surface area contributed by atoms with Gasteiger partial charge in [-0.1, -0.05) is 66.7 Å². The highest BCUT2D eigenvalue weighted by atomic mass is 32.2. The Labute approximate surface area is 175 Å². The molecule has 0 radical (unpaired) electrons. The standard InChI is InChI=1S/C23H21NO5S/c1-29-22-10-6-5-9-20(22)24-23(26)16-30(27,28)15-21(25)19-13-11-18(12-14-19)17-7-3-2-4-8-17/h2-14H,15-16H2,1H3,(H,24,26). The molecule has 0 atom stereocenters. The Balaban J connectivity index is 1.63. The zero-order valence-corrected chi connectivity index (χ0v) is 17.2. The summed E-state index contributed by atoms with van der Waals surface area (Å²) in [6.07, 6.45) is 0. The van der Waals surface area contributed by atoms with Crippen molar-refractivity contribution in [2.75, 3.05) is 23.9 Å². The smallest absolute Gasteiger partial charge is 0.239 e. The Morgan fingerprint density at radius 2 is 1.40 bits per heavy atom. The normalized spacial score (nSPS) is 11.0. The first-order chi connectivity index (χ1) is 14.4. The van der Waals surface area contributed by atoms with Gasteiger partial charge in [-0.25, -0.2) is 8.42 Å². The maximum absolute atomic E-state index is 12.4. The van der Waals surface area contributed by atoms with Crippen LogP contribution in [0.5, 0.6) is 5.75 Å². The van der Waals surface area contributed by atoms with Gasteiger partial charge in [0.15, 0.2) is 15.6 Å². The van der Waals surface area contributed by atoms with Crippen LogP contribution < -0.4 is 10.1 Å². The van der Waals surface area contributed by atoms with E-state index >= 15 is 0 Å². The lowest BCUT2D eigenvalue weighted by molar-refractivity contribution is -0.113. The number of carbonyl (C=O) groups excluding carboxylic acids is 2. The van der Waals surface area contributed by atoms with E-state index in [0.29, 0.717) is 11.4 Å². The van der Waals surface area contributed by atoms with Crippen LogP contribution in [0, 0.1) is 0 Å². The zero-order valence-electron chi connectivity index (χ0n) is 16.4. The van der Waals surface area contributed by atoms with Crippen molar-refractivity contribution >= 4 is 27.2 Å². The van der Waals surface area contributed by atoms with E-state index in [1.807, 2.05) is 30.3 Å². The fourth-order valence-corrected chi connectivity index (χ4v) is 4.09. The van der Waals surface area contributed by atoms with Gasteiger partial charge in [0.1, 0.15) is 17.3 Å². The third kappa shape index (κ3) is 5.55. The Bertz CT molecular complexity index is 1140. The summed E-state index contributed by atoms with van der Waals surface area (Å²) in [6.45, 7) is 0. The molecule has 3 aromatic carbocycles. The lowest BCUT2D eigenvalue weighted by Gasteiger charge is -2.10. The molecule has 0 bridgehead atoms. The third-order valence-electron chi connectivity index (χ3n) is 4.40. The van der Waals surface area contributed by atoms with Gasteiger partial charge in [0.25, 0.3) is 0 Å². The van der Waals surface area contributed by atoms with Crippen LogP contribution in [0.2, 0.25) is 0 Å². The number of para-hydroxylation sites is 2. The largest absolute Gasteiger partial charge is 0.495 e. The second kappa shape index (κ2) is 9.37. The molecule has 6 nitrogen and oxygen atoms in total. The molecule has 154 valence electrons. The monoisotopic (exact) mass is 423 g/mol. The molecule has 0 spiro atoms. The minimum absolute atomic E-state index is 0.281. The summed E-state index contributed by atoms with van der Waals surface area (Å²) in [5, 5.41) is 2.50. The lowest BCUT2D eigenvalue weighted by atomic mass is 10.0. The molecule has 0 saturated carbocycles. The summed E-state index contributed by atoms with van der Waals surface area (Å²) in [5.41, 5.74) is 2.56. The number of rotatable bonds is 8. The molecule has 0 aromatic heterocycles. The molecule has 7 heteroatoms. The van der Waals surface area contributed by atoms with Gasteiger partial charge in [0.05, 0.1) is 12.8 Å². The molecule has 0 aliphatic carbocycles. The number of Topliss-reactive ketones (excluding diaryl/α,β-unsaturated/α-hetero) is 1. The van der Waals surface area contributed by atoms with Crippen molar-refractivity contribution in [1.82, 2.24) is 0 Å². The highest BCUT2D eigenvalue weighted by molar-refractivity contribution is 7.92. The summed E-state index contributed by atoms with van der Waals surface area (Å²) in [6, 6.07) is 23.0. The van der Waals surface area contributed by atoms with E-state index in [1.54, 1.807) is 48.5 Å². The maximum Gasteiger partial charge on any atom is 0.239 e. The number of anilines is 1. The molecule has 0 aliphatic heterocycles. The van der Waals surface area contributed by atoms with Gasteiger partial charge in [-0.05, 0) is 23.3 Å². The Hall–Kier alpha value is -3.45. The van der Waals surface area contributed by atoms with Gasteiger partial charge in [-0.3, -0.25) is 9.59 Å². The van der Waals surface area contributed by atoms with Crippen LogP contribution in [0.15, 0.2) is 78.9 Å². The predicted octanol–water partition coefficient (Wildman–Crippen LogP) is 3.60. The van der Waals surface area contributed by atoms with Gasteiger partial charge in [-0.2, -0.15) is 0 Å². The third-order valence-corrected chi connectivity index (χ3v) is 5.80. The second-order valence-electron chi connectivity index (χ2n) is 6.65. The number of amides is 1. The molecule has 0 saturated heterocycles. The average Bonchev–Trinajstić information content (AvgIpc) is 2.74. The number of methoxy groups -OCH3 is 1. The molecular formula is C23H21NO5S. The number of hydrogen-bond acceptors (Lipinski definition) is 5. The number of sulfone groups is 1. The van der Waals surface area contributed by atoms with Crippen molar-refractivity contribution in [3.8, 4) is 16.9 Å². The van der Waals surface area contributed by atoms with Crippen LogP contribution in [0.25, 0.3) is 11.1 Å². The minimum atomic E-state index is -3.93. The van der Waals surface area contributed by atoms with Crippen molar-refractivity contribution in [2.45, 2.75) is 0 Å². The van der Waals surface area contributed by atoms with E-state index in [0.717, 1.165) is 11.1 Å². The molecule has 30 heavy (non-hydrogen) atoms. The Morgan fingerprint density at radius 3 is 2.07 bits per heavy atom. The Kier molecular flexibility index (Phi) is 6.64. The summed E-state index contributed by atoms with van der Waals surface area (Å²) >= 11 is 0. The second-order valence-corrected chi connectivity index (χ2v) is 8.71. The first-order valence-electron chi connectivity index (χ1n) is 9.20. The number of carbonyl (C=O) groups is 2. The molecule has 1 amide bonds. The molecule has 1 N–H and O–H groups in total. The Morgan fingerprint density at radius 1 is 0.800 bits per heavy atom. The van der Waals surface area contributed by atoms with Gasteiger partial charge < -0.3 is 10.1 Å². The van der Waals surface area contributed by atoms with Crippen LogP contribution in [-0.2, 0) is 14.6 Å². The van der Waals surface area contributed by atoms with E-state index in [4.69, 9.17) is 4.74 Å². The highest BCUT2D eigenvalue weighted by Crippen LogP contribution is 2.23. The van der Waals surface area contributed by atoms with Gasteiger partial charge in [0.2, 0.25) is 5.91 Å². The van der Waals surface area contributed by atoms with E-state index < -0.39 is 33.0 Å². The van der Waals surface area contributed by atoms with Crippen LogP contribution in [0.1, 0.15) is 10.4 Å². The average molecular weight is 423 g/mol. The van der Waals surface area contributed by atoms with Crippen LogP contribution in [-0.4, -0.2) is 38.7 Å². The SMILES string of the molecule is COc1ccccc1NC(=O)CS(=O)(=O)CC(=O)c1ccc(-c2ccccc2)cc1. The van der Waals surface area contributed by atoms with E-state index in [1.165, 1.54) is 7.11 Å². The van der Waals surface area contributed by atoms with Crippen molar-refractivity contribution in [3.63, 3.8) is 0 Å². The van der Waals surface area contributed by atoms with Crippen molar-refractivity contribution in [1.29, 1.82) is 0 Å². The van der Waals surface area contributed by atoms with Crippen molar-refractivity contribution in [3.05, 3.63) is 84.4 Å². The number of hydrogen-bond donors (Lipinski definition) is 1. The summed E-state index contributed by atoms with van der Waals surface area (Å²) in [7, 11) is -2.48.